The van der Waals surface area contributed by atoms with Crippen molar-refractivity contribution in [3.63, 3.8) is 0 Å². The molecule has 0 spiro atoms. The van der Waals surface area contributed by atoms with E-state index in [0.717, 1.165) is 30.5 Å². The van der Waals surface area contributed by atoms with Crippen molar-refractivity contribution >= 4 is 16.7 Å². The summed E-state index contributed by atoms with van der Waals surface area (Å²) in [5.41, 5.74) is 2.55. The van der Waals surface area contributed by atoms with Crippen LogP contribution in [0.1, 0.15) is 44.4 Å². The van der Waals surface area contributed by atoms with Crippen LogP contribution < -0.4 is 11.2 Å². The van der Waals surface area contributed by atoms with Gasteiger partial charge in [-0.1, -0.05) is 50.6 Å². The minimum atomic E-state index is -0.310. The maximum Gasteiger partial charge on any atom is 0.333 e. The minimum Gasteiger partial charge on any atom is -0.342 e. The molecule has 0 saturated carbocycles. The van der Waals surface area contributed by atoms with Crippen molar-refractivity contribution < 1.29 is 0 Å². The fourth-order valence-corrected chi connectivity index (χ4v) is 3.64. The molecule has 0 atom stereocenters. The second-order valence-electron chi connectivity index (χ2n) is 7.19. The van der Waals surface area contributed by atoms with Crippen molar-refractivity contribution in [1.29, 1.82) is 0 Å². The molecule has 146 valence electrons. The normalized spacial score (nSPS) is 11.6. The van der Waals surface area contributed by atoms with E-state index in [2.05, 4.69) is 17.0 Å². The SMILES string of the molecule is CCCCc1cn2nc3c(c(=O)n(CCC)c(=O)n3Cc3ccccc3)c2[nH]1. The molecule has 0 bridgehead atoms. The molecule has 3 heterocycles. The molecular weight excluding hydrogens is 354 g/mol. The number of unbranched alkanes of at least 4 members (excludes halogenated alkanes) is 1. The van der Waals surface area contributed by atoms with E-state index in [0.29, 0.717) is 36.2 Å². The fraction of sp³-hybridized carbons (Fsp3) is 0.381. The van der Waals surface area contributed by atoms with E-state index in [9.17, 15) is 9.59 Å². The summed E-state index contributed by atoms with van der Waals surface area (Å²) in [5, 5.41) is 5.08. The van der Waals surface area contributed by atoms with E-state index in [1.807, 2.05) is 43.5 Å². The first-order valence-corrected chi connectivity index (χ1v) is 9.91. The first kappa shape index (κ1) is 18.3. The molecule has 1 N–H and O–H groups in total. The molecule has 4 aromatic rings. The third kappa shape index (κ3) is 3.06. The number of nitrogens with zero attached hydrogens (tertiary/aromatic N) is 4. The van der Waals surface area contributed by atoms with E-state index in [4.69, 9.17) is 0 Å². The van der Waals surface area contributed by atoms with Gasteiger partial charge in [0.05, 0.1) is 12.7 Å². The van der Waals surface area contributed by atoms with E-state index in [1.54, 1.807) is 9.08 Å². The van der Waals surface area contributed by atoms with Crippen molar-refractivity contribution in [1.82, 2.24) is 23.7 Å². The van der Waals surface area contributed by atoms with Gasteiger partial charge in [0.25, 0.3) is 5.56 Å². The van der Waals surface area contributed by atoms with Crippen LogP contribution in [0.4, 0.5) is 0 Å². The summed E-state index contributed by atoms with van der Waals surface area (Å²) in [6, 6.07) is 9.77. The Morgan fingerprint density at radius 3 is 2.54 bits per heavy atom. The zero-order valence-corrected chi connectivity index (χ0v) is 16.3. The number of aromatic amines is 1. The Kier molecular flexibility index (Phi) is 4.90. The van der Waals surface area contributed by atoms with Crippen LogP contribution in [-0.2, 0) is 19.5 Å². The minimum absolute atomic E-state index is 0.273. The topological polar surface area (TPSA) is 77.1 Å². The van der Waals surface area contributed by atoms with Gasteiger partial charge in [-0.15, -0.1) is 5.10 Å². The van der Waals surface area contributed by atoms with Gasteiger partial charge in [0.15, 0.2) is 5.65 Å². The molecule has 1 aromatic carbocycles. The van der Waals surface area contributed by atoms with Gasteiger partial charge in [-0.2, -0.15) is 0 Å². The second-order valence-corrected chi connectivity index (χ2v) is 7.19. The average Bonchev–Trinajstić information content (AvgIpc) is 3.25. The van der Waals surface area contributed by atoms with E-state index < -0.39 is 0 Å². The lowest BCUT2D eigenvalue weighted by atomic mass is 10.2. The standard InChI is InChI=1S/C21H25N5O2/c1-3-5-11-16-14-26-18(22-16)17-19(23-26)25(13-15-9-7-6-8-10-15)21(28)24(12-4-2)20(17)27/h6-10,14,22H,3-5,11-13H2,1-2H3. The van der Waals surface area contributed by atoms with Crippen LogP contribution in [0.15, 0.2) is 46.1 Å². The first-order valence-electron chi connectivity index (χ1n) is 9.91. The molecule has 0 unspecified atom stereocenters. The highest BCUT2D eigenvalue weighted by Crippen LogP contribution is 2.17. The molecule has 0 fully saturated rings. The second kappa shape index (κ2) is 7.50. The van der Waals surface area contributed by atoms with Gasteiger partial charge in [-0.05, 0) is 24.8 Å². The Morgan fingerprint density at radius 1 is 1.04 bits per heavy atom. The summed E-state index contributed by atoms with van der Waals surface area (Å²) in [6.45, 7) is 4.88. The highest BCUT2D eigenvalue weighted by molar-refractivity contribution is 5.89. The van der Waals surface area contributed by atoms with Gasteiger partial charge in [0.2, 0.25) is 0 Å². The van der Waals surface area contributed by atoms with Gasteiger partial charge >= 0.3 is 5.69 Å². The van der Waals surface area contributed by atoms with E-state index in [-0.39, 0.29) is 11.2 Å². The van der Waals surface area contributed by atoms with Crippen LogP contribution in [0, 0.1) is 0 Å². The monoisotopic (exact) mass is 379 g/mol. The molecule has 0 aliphatic rings. The number of nitrogens with one attached hydrogen (secondary N) is 1. The van der Waals surface area contributed by atoms with Crippen LogP contribution >= 0.6 is 0 Å². The first-order chi connectivity index (χ1) is 13.6. The van der Waals surface area contributed by atoms with Crippen molar-refractivity contribution in [2.24, 2.45) is 0 Å². The van der Waals surface area contributed by atoms with Crippen LogP contribution in [-0.4, -0.2) is 23.7 Å². The molecule has 0 radical (unpaired) electrons. The zero-order valence-electron chi connectivity index (χ0n) is 16.3. The Balaban J connectivity index is 1.96. The van der Waals surface area contributed by atoms with Crippen LogP contribution in [0.5, 0.6) is 0 Å². The van der Waals surface area contributed by atoms with Crippen LogP contribution in [0.2, 0.25) is 0 Å². The van der Waals surface area contributed by atoms with Crippen molar-refractivity contribution in [2.75, 3.05) is 0 Å². The van der Waals surface area contributed by atoms with Crippen LogP contribution in [0.25, 0.3) is 16.7 Å². The third-order valence-electron chi connectivity index (χ3n) is 5.06. The number of aryl methyl sites for hydroxylation is 1. The number of imidazole rings is 1. The van der Waals surface area contributed by atoms with Gasteiger partial charge in [-0.25, -0.2) is 9.31 Å². The van der Waals surface area contributed by atoms with Crippen molar-refractivity contribution in [3.8, 4) is 0 Å². The van der Waals surface area contributed by atoms with Gasteiger partial charge in [0, 0.05) is 12.2 Å². The Hall–Kier alpha value is -3.09. The lowest BCUT2D eigenvalue weighted by molar-refractivity contribution is 0.579. The fourth-order valence-electron chi connectivity index (χ4n) is 3.64. The third-order valence-corrected chi connectivity index (χ3v) is 5.06. The summed E-state index contributed by atoms with van der Waals surface area (Å²) in [4.78, 5) is 29.5. The quantitative estimate of drug-likeness (QED) is 0.536. The van der Waals surface area contributed by atoms with Crippen molar-refractivity contribution in [3.05, 3.63) is 68.6 Å². The molecule has 0 aliphatic heterocycles. The highest BCUT2D eigenvalue weighted by Gasteiger charge is 2.20. The number of hydrogen-bond donors (Lipinski definition) is 1. The number of H-pyrrole nitrogens is 1. The maximum absolute atomic E-state index is 13.1. The average molecular weight is 379 g/mol. The molecule has 28 heavy (non-hydrogen) atoms. The molecule has 0 aliphatic carbocycles. The number of hydrogen-bond acceptors (Lipinski definition) is 3. The van der Waals surface area contributed by atoms with Gasteiger partial charge < -0.3 is 4.98 Å². The molecule has 0 saturated heterocycles. The highest BCUT2D eigenvalue weighted by atomic mass is 16.2. The Bertz CT molecular complexity index is 1230. The summed E-state index contributed by atoms with van der Waals surface area (Å²) in [7, 11) is 0. The van der Waals surface area contributed by atoms with E-state index in [1.165, 1.54) is 4.57 Å². The Labute approximate surface area is 162 Å². The number of benzene rings is 1. The number of aromatic nitrogens is 5. The number of rotatable bonds is 7. The van der Waals surface area contributed by atoms with Gasteiger partial charge in [-0.3, -0.25) is 13.9 Å². The molecule has 4 rings (SSSR count). The predicted octanol–water partition coefficient (Wildman–Crippen LogP) is 2.94. The summed E-state index contributed by atoms with van der Waals surface area (Å²) in [5.74, 6) is 0. The van der Waals surface area contributed by atoms with Crippen molar-refractivity contribution in [2.45, 2.75) is 52.6 Å². The molecular formula is C21H25N5O2. The lowest BCUT2D eigenvalue weighted by Crippen LogP contribution is -2.40. The lowest BCUT2D eigenvalue weighted by Gasteiger charge is -2.11. The molecule has 0 amide bonds. The summed E-state index contributed by atoms with van der Waals surface area (Å²) >= 11 is 0. The predicted molar refractivity (Wildman–Crippen MR) is 110 cm³/mol. The molecule has 3 aromatic heterocycles. The molecule has 7 nitrogen and oxygen atoms in total. The zero-order chi connectivity index (χ0) is 19.7. The van der Waals surface area contributed by atoms with E-state index >= 15 is 0 Å². The summed E-state index contributed by atoms with van der Waals surface area (Å²) < 4.78 is 4.64. The maximum atomic E-state index is 13.1. The number of fused-ring (bicyclic) bond motifs is 3. The molecule has 7 heteroatoms. The Morgan fingerprint density at radius 2 is 1.82 bits per heavy atom. The van der Waals surface area contributed by atoms with Gasteiger partial charge in [0.1, 0.15) is 11.0 Å². The smallest absolute Gasteiger partial charge is 0.333 e. The summed E-state index contributed by atoms with van der Waals surface area (Å²) in [6.07, 6.45) is 5.71. The largest absolute Gasteiger partial charge is 0.342 e. The van der Waals surface area contributed by atoms with Crippen LogP contribution in [0.3, 0.4) is 0 Å².